The number of nitrogens with zero attached hydrogens (tertiary/aromatic N) is 3. The molecular weight excluding hydrogens is 381 g/mol. The van der Waals surface area contributed by atoms with E-state index < -0.39 is 0 Å². The molecule has 0 unspecified atom stereocenters. The minimum Gasteiger partial charge on any atom is -0.447 e. The highest BCUT2D eigenvalue weighted by Gasteiger charge is 2.22. The summed E-state index contributed by atoms with van der Waals surface area (Å²) in [5.74, 6) is 0.202. The Kier molecular flexibility index (Phi) is 6.54. The molecule has 0 saturated carbocycles. The monoisotopic (exact) mass is 407 g/mol. The van der Waals surface area contributed by atoms with Gasteiger partial charge < -0.3 is 9.32 Å². The predicted molar refractivity (Wildman–Crippen MR) is 112 cm³/mol. The van der Waals surface area contributed by atoms with Crippen LogP contribution in [0.1, 0.15) is 46.8 Å². The number of rotatable bonds is 7. The standard InChI is InChI=1S/C24H26FN3O2/c25-21-11-9-20(10-12-21)16-27(15-19-7-3-1-4-8-19)17-23-26-22(18-30-23)24(29)28-13-5-2-6-14-28/h1,3-4,7-12,18H,2,5-6,13-17H2. The van der Waals surface area contributed by atoms with E-state index in [4.69, 9.17) is 4.42 Å². The molecule has 2 heterocycles. The van der Waals surface area contributed by atoms with Crippen LogP contribution in [0.25, 0.3) is 0 Å². The Morgan fingerprint density at radius 2 is 1.60 bits per heavy atom. The first-order valence-electron chi connectivity index (χ1n) is 10.4. The number of oxazole rings is 1. The second-order valence-corrected chi connectivity index (χ2v) is 7.74. The van der Waals surface area contributed by atoms with Crippen LogP contribution in [-0.2, 0) is 19.6 Å². The summed E-state index contributed by atoms with van der Waals surface area (Å²) in [5, 5.41) is 0. The number of aromatic nitrogens is 1. The van der Waals surface area contributed by atoms with E-state index in [1.165, 1.54) is 24.8 Å². The van der Waals surface area contributed by atoms with Crippen molar-refractivity contribution in [2.24, 2.45) is 0 Å². The van der Waals surface area contributed by atoms with Crippen molar-refractivity contribution in [3.05, 3.63) is 89.4 Å². The fourth-order valence-electron chi connectivity index (χ4n) is 3.79. The van der Waals surface area contributed by atoms with Crippen molar-refractivity contribution in [1.82, 2.24) is 14.8 Å². The summed E-state index contributed by atoms with van der Waals surface area (Å²) in [7, 11) is 0. The van der Waals surface area contributed by atoms with E-state index in [0.717, 1.165) is 37.1 Å². The second kappa shape index (κ2) is 9.67. The second-order valence-electron chi connectivity index (χ2n) is 7.74. The van der Waals surface area contributed by atoms with Crippen LogP contribution in [0.5, 0.6) is 0 Å². The van der Waals surface area contributed by atoms with Gasteiger partial charge in [0.2, 0.25) is 5.89 Å². The lowest BCUT2D eigenvalue weighted by Gasteiger charge is -2.25. The highest BCUT2D eigenvalue weighted by atomic mass is 19.1. The third kappa shape index (κ3) is 5.33. The van der Waals surface area contributed by atoms with Crippen LogP contribution in [0, 0.1) is 5.82 Å². The maximum absolute atomic E-state index is 13.3. The first kappa shape index (κ1) is 20.3. The zero-order valence-electron chi connectivity index (χ0n) is 17.0. The lowest BCUT2D eigenvalue weighted by atomic mass is 10.1. The average molecular weight is 407 g/mol. The molecule has 1 aliphatic rings. The average Bonchev–Trinajstić information content (AvgIpc) is 3.24. The van der Waals surface area contributed by atoms with Crippen LogP contribution in [0.2, 0.25) is 0 Å². The van der Waals surface area contributed by atoms with Gasteiger partial charge in [-0.05, 0) is 42.5 Å². The molecule has 0 aliphatic carbocycles. The number of likely N-dealkylation sites (tertiary alicyclic amines) is 1. The Labute approximate surface area is 176 Å². The van der Waals surface area contributed by atoms with Crippen molar-refractivity contribution in [3.63, 3.8) is 0 Å². The molecule has 30 heavy (non-hydrogen) atoms. The summed E-state index contributed by atoms with van der Waals surface area (Å²) >= 11 is 0. The largest absolute Gasteiger partial charge is 0.447 e. The van der Waals surface area contributed by atoms with Crippen LogP contribution in [0.4, 0.5) is 4.39 Å². The molecular formula is C24H26FN3O2. The maximum atomic E-state index is 13.3. The van der Waals surface area contributed by atoms with Crippen molar-refractivity contribution in [1.29, 1.82) is 0 Å². The zero-order chi connectivity index (χ0) is 20.8. The first-order valence-corrected chi connectivity index (χ1v) is 10.4. The number of halogens is 1. The third-order valence-corrected chi connectivity index (χ3v) is 5.34. The van der Waals surface area contributed by atoms with E-state index in [2.05, 4.69) is 22.0 Å². The summed E-state index contributed by atoms with van der Waals surface area (Å²) in [5.41, 5.74) is 2.53. The SMILES string of the molecule is O=C(c1coc(CN(Cc2ccccc2)Cc2ccc(F)cc2)n1)N1CCCCC1. The van der Waals surface area contributed by atoms with E-state index in [1.54, 1.807) is 12.1 Å². The Hall–Kier alpha value is -2.99. The summed E-state index contributed by atoms with van der Waals surface area (Å²) in [4.78, 5) is 21.2. The molecule has 0 radical (unpaired) electrons. The van der Waals surface area contributed by atoms with Gasteiger partial charge in [-0.25, -0.2) is 9.37 Å². The topological polar surface area (TPSA) is 49.6 Å². The van der Waals surface area contributed by atoms with Gasteiger partial charge in [-0.2, -0.15) is 0 Å². The van der Waals surface area contributed by atoms with Crippen molar-refractivity contribution >= 4 is 5.91 Å². The summed E-state index contributed by atoms with van der Waals surface area (Å²) in [6.45, 7) is 3.33. The number of hydrogen-bond acceptors (Lipinski definition) is 4. The Morgan fingerprint density at radius 1 is 0.933 bits per heavy atom. The van der Waals surface area contributed by atoms with Crippen LogP contribution >= 0.6 is 0 Å². The minimum atomic E-state index is -0.248. The normalized spacial score (nSPS) is 14.3. The quantitative estimate of drug-likeness (QED) is 0.572. The van der Waals surface area contributed by atoms with Crippen LogP contribution in [0.15, 0.2) is 65.3 Å². The number of hydrogen-bond donors (Lipinski definition) is 0. The van der Waals surface area contributed by atoms with Gasteiger partial charge in [0.05, 0.1) is 6.54 Å². The van der Waals surface area contributed by atoms with E-state index in [1.807, 2.05) is 23.1 Å². The number of benzene rings is 2. The fourth-order valence-corrected chi connectivity index (χ4v) is 3.79. The molecule has 1 saturated heterocycles. The fraction of sp³-hybridized carbons (Fsp3) is 0.333. The highest BCUT2D eigenvalue weighted by molar-refractivity contribution is 5.92. The smallest absolute Gasteiger partial charge is 0.275 e. The molecule has 156 valence electrons. The van der Waals surface area contributed by atoms with E-state index in [9.17, 15) is 9.18 Å². The molecule has 1 aromatic heterocycles. The number of carbonyl (C=O) groups is 1. The van der Waals surface area contributed by atoms with Crippen LogP contribution in [-0.4, -0.2) is 33.8 Å². The van der Waals surface area contributed by atoms with Crippen LogP contribution in [0.3, 0.4) is 0 Å². The van der Waals surface area contributed by atoms with Gasteiger partial charge in [0.1, 0.15) is 12.1 Å². The van der Waals surface area contributed by atoms with Crippen LogP contribution < -0.4 is 0 Å². The molecule has 0 atom stereocenters. The molecule has 1 fully saturated rings. The molecule has 0 N–H and O–H groups in total. The van der Waals surface area contributed by atoms with Crippen molar-refractivity contribution in [2.75, 3.05) is 13.1 Å². The van der Waals surface area contributed by atoms with Gasteiger partial charge in [0.15, 0.2) is 5.69 Å². The molecule has 0 spiro atoms. The van der Waals surface area contributed by atoms with E-state index >= 15 is 0 Å². The van der Waals surface area contributed by atoms with E-state index in [-0.39, 0.29) is 11.7 Å². The molecule has 5 nitrogen and oxygen atoms in total. The lowest BCUT2D eigenvalue weighted by Crippen LogP contribution is -2.35. The Balaban J connectivity index is 1.47. The lowest BCUT2D eigenvalue weighted by molar-refractivity contribution is 0.0718. The van der Waals surface area contributed by atoms with Crippen molar-refractivity contribution in [3.8, 4) is 0 Å². The highest BCUT2D eigenvalue weighted by Crippen LogP contribution is 2.17. The van der Waals surface area contributed by atoms with Gasteiger partial charge in [-0.3, -0.25) is 9.69 Å². The van der Waals surface area contributed by atoms with Crippen molar-refractivity contribution in [2.45, 2.75) is 38.9 Å². The Morgan fingerprint density at radius 3 is 2.30 bits per heavy atom. The van der Waals surface area contributed by atoms with Gasteiger partial charge in [-0.1, -0.05) is 42.5 Å². The van der Waals surface area contributed by atoms with Crippen molar-refractivity contribution < 1.29 is 13.6 Å². The van der Waals surface area contributed by atoms with E-state index in [0.29, 0.717) is 31.2 Å². The number of piperidine rings is 1. The molecule has 3 aromatic rings. The molecule has 1 aliphatic heterocycles. The summed E-state index contributed by atoms with van der Waals surface area (Å²) in [6, 6.07) is 16.6. The van der Waals surface area contributed by atoms with Gasteiger partial charge in [0, 0.05) is 26.2 Å². The van der Waals surface area contributed by atoms with Gasteiger partial charge >= 0.3 is 0 Å². The van der Waals surface area contributed by atoms with Gasteiger partial charge in [-0.15, -0.1) is 0 Å². The molecule has 2 aromatic carbocycles. The Bertz CT molecular complexity index is 950. The minimum absolute atomic E-state index is 0.0576. The third-order valence-electron chi connectivity index (χ3n) is 5.34. The molecule has 6 heteroatoms. The predicted octanol–water partition coefficient (Wildman–Crippen LogP) is 4.64. The maximum Gasteiger partial charge on any atom is 0.275 e. The molecule has 4 rings (SSSR count). The summed E-state index contributed by atoms with van der Waals surface area (Å²) in [6.07, 6.45) is 4.72. The molecule has 1 amide bonds. The summed E-state index contributed by atoms with van der Waals surface area (Å²) < 4.78 is 18.9. The number of amides is 1. The number of carbonyl (C=O) groups excluding carboxylic acids is 1. The first-order chi connectivity index (χ1) is 14.7. The molecule has 0 bridgehead atoms. The van der Waals surface area contributed by atoms with Gasteiger partial charge in [0.25, 0.3) is 5.91 Å². The zero-order valence-corrected chi connectivity index (χ0v) is 17.0.